The monoisotopic (exact) mass is 1970 g/mol. The maximum Gasteiger partial charge on any atom is 0.319 e. The van der Waals surface area contributed by atoms with E-state index in [4.69, 9.17) is 62.7 Å². The SMILES string of the molecule is CC(=O)c1cccc(NC(=O)NCCCN2CCC(Cc3ccc(F)cc3)CC2)c1.CC[N+]1(C/C2=C/CCCCCC2)CCC(NC(=O)C2c3cc(Cl)ccc3Oc3ccc(Cl)cc32)CC1.O=C(CSc1nc2ccccc2s1)NC1CCN(Cc2ccc(Cl)c(Cl)c2)CC1.O=C(CSc1nc2ccccc2s1)NC1CCN(Cc2cccc(Cl)c2)CC1.[HH].[HH].[HH].[HH].[HH].[I-]. The van der Waals surface area contributed by atoms with Gasteiger partial charge in [-0.05, 0) is 248 Å². The summed E-state index contributed by atoms with van der Waals surface area (Å²) >= 11 is 37.1. The molecule has 0 spiro atoms. The summed E-state index contributed by atoms with van der Waals surface area (Å²) in [7, 11) is 0. The van der Waals surface area contributed by atoms with Crippen molar-refractivity contribution in [2.24, 2.45) is 5.92 Å². The molecule has 0 bridgehead atoms. The first-order chi connectivity index (χ1) is 59.7. The first-order valence-electron chi connectivity index (χ1n) is 43.1. The molecule has 0 radical (unpaired) electrons. The Morgan fingerprint density at radius 3 is 1.69 bits per heavy atom. The van der Waals surface area contributed by atoms with Crippen molar-refractivity contribution in [2.75, 3.05) is 95.4 Å². The standard InChI is InChI=1S/C30H36Cl2N2O2.C24H30FN3O2.C21H21Cl2N3OS2.C21H22ClN3OS2.HI.5H2/c1-2-34(20-21-8-6-4-3-5-7-9-21)16-14-24(15-17-34)33-30(35)29-25-18-22(31)10-12-27(25)36-28-13-11-23(32)19-26(28)29;1-18(29)21-4-2-5-23(17-21)27-24(30)26-12-3-13-28-14-10-20(11-15-28)16-19-6-8-22(25)9-7-19;22-16-6-5-14(11-17(16)23)12-26-9-7-15(8-10-26)24-20(27)13-28-21-25-18-3-1-2-4-19(18)29-21;22-16-5-3-4-15(12-16)13-25-10-8-17(9-11-25)23-20(26)14-27-21-24-18-6-1-2-7-19(18)28-21;;;;;;/h8,10-13,18-19,24,29H,2-7,9,14-17,20H2,1H3;2,4-9,17,20H,3,10-16H2,1H3,(H2,26,27,30);1-6,11,15H,7-10,12-13H2,(H,24,27);1-7,12,17H,8-11,13-14H2,(H,23,26);6*1H/b21-8+;;;;;;;;;. The number of likely N-dealkylation sites (tertiary alicyclic amines) is 4. The molecule has 0 unspecified atom stereocenters. The van der Waals surface area contributed by atoms with Crippen molar-refractivity contribution in [1.29, 1.82) is 0 Å². The molecule has 0 saturated carbocycles. The largest absolute Gasteiger partial charge is 1.00 e. The number of hydrogen-bond acceptors (Lipinski definition) is 15. The minimum atomic E-state index is -0.492. The number of halogens is 7. The van der Waals surface area contributed by atoms with Crippen molar-refractivity contribution >= 4 is 160 Å². The summed E-state index contributed by atoms with van der Waals surface area (Å²) < 4.78 is 24.5. The van der Waals surface area contributed by atoms with Gasteiger partial charge in [0.25, 0.3) is 0 Å². The van der Waals surface area contributed by atoms with Crippen LogP contribution in [0.1, 0.15) is 161 Å². The number of quaternary nitrogens is 1. The topological polar surface area (TPSA) is 190 Å². The van der Waals surface area contributed by atoms with Gasteiger partial charge in [0.05, 0.1) is 67.5 Å². The van der Waals surface area contributed by atoms with Gasteiger partial charge in [-0.25, -0.2) is 19.2 Å². The number of Topliss-reactive ketones (excluding diaryl/α,β-unsaturated/α-hetero) is 1. The first kappa shape index (κ1) is 96.2. The minimum absolute atomic E-state index is 0. The van der Waals surface area contributed by atoms with Gasteiger partial charge < -0.3 is 64.7 Å². The molecule has 668 valence electrons. The molecule has 4 saturated heterocycles. The number of urea groups is 1. The number of amides is 5. The Morgan fingerprint density at radius 1 is 0.565 bits per heavy atom. The molecule has 6 aliphatic rings. The Hall–Kier alpha value is -6.92. The van der Waals surface area contributed by atoms with Gasteiger partial charge in [-0.15, -0.1) is 22.7 Å². The second-order valence-electron chi connectivity index (χ2n) is 32.8. The Labute approximate surface area is 794 Å². The highest BCUT2D eigenvalue weighted by molar-refractivity contribution is 8.02. The summed E-state index contributed by atoms with van der Waals surface area (Å²) in [5, 5.41) is 18.5. The van der Waals surface area contributed by atoms with Crippen molar-refractivity contribution in [3.8, 4) is 11.5 Å². The maximum absolute atomic E-state index is 13.8. The third-order valence-corrected chi connectivity index (χ3v) is 29.6. The molecule has 1 aliphatic carbocycles. The number of benzene rings is 8. The Bertz CT molecular complexity index is 5150. The number of nitrogens with zero attached hydrogens (tertiary/aromatic N) is 6. The lowest BCUT2D eigenvalue weighted by Crippen LogP contribution is -3.00. The lowest BCUT2D eigenvalue weighted by atomic mass is 9.86. The highest BCUT2D eigenvalue weighted by atomic mass is 127. The van der Waals surface area contributed by atoms with Gasteiger partial charge in [0.2, 0.25) is 17.7 Å². The van der Waals surface area contributed by atoms with E-state index in [9.17, 15) is 28.4 Å². The normalized spacial score (nSPS) is 18.4. The van der Waals surface area contributed by atoms with Gasteiger partial charge in [-0.1, -0.05) is 167 Å². The predicted molar refractivity (Wildman–Crippen MR) is 517 cm³/mol. The number of rotatable bonds is 25. The number of allylic oxidation sites excluding steroid dienone is 1. The molecule has 8 aromatic carbocycles. The number of fused-ring (bicyclic) bond motifs is 4. The number of ether oxygens (including phenoxy) is 1. The third kappa shape index (κ3) is 29.6. The van der Waals surface area contributed by atoms with Gasteiger partial charge >= 0.3 is 6.03 Å². The molecule has 17 nitrogen and oxygen atoms in total. The summed E-state index contributed by atoms with van der Waals surface area (Å²) in [5.74, 6) is 2.30. The van der Waals surface area contributed by atoms with Gasteiger partial charge in [-0.2, -0.15) is 0 Å². The minimum Gasteiger partial charge on any atom is -1.00 e. The second kappa shape index (κ2) is 48.5. The second-order valence-corrected chi connectivity index (χ2v) is 39.5. The highest BCUT2D eigenvalue weighted by Crippen LogP contribution is 2.47. The number of thiazole rings is 2. The number of likely N-dealkylation sites (N-methyl/N-ethyl adjacent to an activating group) is 1. The van der Waals surface area contributed by atoms with E-state index in [1.165, 1.54) is 98.8 Å². The van der Waals surface area contributed by atoms with Crippen LogP contribution in [0.4, 0.5) is 14.9 Å². The molecule has 10 aromatic rings. The lowest BCUT2D eigenvalue weighted by molar-refractivity contribution is -0.927. The summed E-state index contributed by atoms with van der Waals surface area (Å²) in [6, 6.07) is 55.1. The average Bonchev–Trinajstić information content (AvgIpc) is 1.26. The average molecular weight is 1980 g/mol. The number of anilines is 1. The fraction of sp³-hybridized carbons (Fsp3) is 0.406. The summed E-state index contributed by atoms with van der Waals surface area (Å²) in [6.45, 7) is 17.7. The zero-order valence-corrected chi connectivity index (χ0v) is 79.4. The van der Waals surface area contributed by atoms with Crippen molar-refractivity contribution < 1.29 is 68.7 Å². The van der Waals surface area contributed by atoms with E-state index in [1.807, 2.05) is 109 Å². The number of nitrogens with one attached hydrogen (secondary N) is 5. The van der Waals surface area contributed by atoms with Crippen molar-refractivity contribution in [3.63, 3.8) is 0 Å². The van der Waals surface area contributed by atoms with Crippen LogP contribution in [0, 0.1) is 11.7 Å². The number of para-hydroxylation sites is 2. The van der Waals surface area contributed by atoms with Crippen LogP contribution in [-0.4, -0.2) is 167 Å². The van der Waals surface area contributed by atoms with Crippen LogP contribution in [0.5, 0.6) is 11.5 Å². The van der Waals surface area contributed by atoms with E-state index in [1.54, 1.807) is 64.6 Å². The predicted octanol–water partition coefficient (Wildman–Crippen LogP) is 20.7. The molecule has 0 atom stereocenters. The van der Waals surface area contributed by atoms with Crippen LogP contribution in [-0.2, 0) is 33.9 Å². The molecule has 5 aliphatic heterocycles. The molecule has 2 aromatic heterocycles. The summed E-state index contributed by atoms with van der Waals surface area (Å²) in [4.78, 5) is 78.3. The van der Waals surface area contributed by atoms with Crippen molar-refractivity contribution in [1.82, 2.24) is 45.9 Å². The molecular formula is C96H120Cl5FIN11O6S4. The summed E-state index contributed by atoms with van der Waals surface area (Å²) in [6.07, 6.45) is 20.5. The van der Waals surface area contributed by atoms with Gasteiger partial charge in [-0.3, -0.25) is 29.0 Å². The van der Waals surface area contributed by atoms with Crippen LogP contribution in [0.2, 0.25) is 25.1 Å². The Kier molecular flexibility index (Phi) is 37.6. The maximum atomic E-state index is 13.8. The molecule has 16 rings (SSSR count). The van der Waals surface area contributed by atoms with E-state index in [2.05, 4.69) is 82.5 Å². The molecule has 4 fully saturated rings. The van der Waals surface area contributed by atoms with Crippen molar-refractivity contribution in [3.05, 3.63) is 252 Å². The molecule has 28 heteroatoms. The van der Waals surface area contributed by atoms with Crippen LogP contribution in [0.3, 0.4) is 0 Å². The fourth-order valence-electron chi connectivity index (χ4n) is 17.0. The third-order valence-electron chi connectivity index (χ3n) is 23.8. The smallest absolute Gasteiger partial charge is 0.319 e. The quantitative estimate of drug-likeness (QED) is 0.00908. The van der Waals surface area contributed by atoms with E-state index in [0.29, 0.717) is 66.8 Å². The van der Waals surface area contributed by atoms with Crippen LogP contribution in [0.25, 0.3) is 20.4 Å². The number of hydrogen-bond donors (Lipinski definition) is 5. The zero-order valence-electron chi connectivity index (χ0n) is 70.2. The molecule has 5 N–H and O–H groups in total. The molecule has 5 amide bonds. The number of aromatic nitrogens is 2. The first-order valence-corrected chi connectivity index (χ1v) is 48.6. The van der Waals surface area contributed by atoms with Crippen LogP contribution < -0.4 is 55.3 Å². The number of carbonyl (C=O) groups excluding carboxylic acids is 5. The van der Waals surface area contributed by atoms with Crippen LogP contribution in [0.15, 0.2) is 196 Å². The Balaban J connectivity index is 0.000000233. The lowest BCUT2D eigenvalue weighted by Gasteiger charge is -2.44. The number of ketones is 1. The summed E-state index contributed by atoms with van der Waals surface area (Å²) in [5.41, 5.74) is 10.0. The van der Waals surface area contributed by atoms with Gasteiger partial charge in [0.1, 0.15) is 23.9 Å². The number of carbonyl (C=O) groups is 5. The molecular weight excluding hydrogens is 1850 g/mol. The van der Waals surface area contributed by atoms with E-state index in [0.717, 1.165) is 198 Å². The molecule has 124 heavy (non-hydrogen) atoms. The van der Waals surface area contributed by atoms with Gasteiger partial charge in [0, 0.05) is 121 Å². The van der Waals surface area contributed by atoms with Crippen molar-refractivity contribution in [2.45, 2.75) is 162 Å². The van der Waals surface area contributed by atoms with E-state index < -0.39 is 5.92 Å². The zero-order chi connectivity index (χ0) is 86.0. The fourth-order valence-corrected chi connectivity index (χ4v) is 21.6. The van der Waals surface area contributed by atoms with Crippen LogP contribution >= 0.6 is 104 Å². The molecule has 7 heterocycles. The number of thioether (sulfide) groups is 2. The van der Waals surface area contributed by atoms with Gasteiger partial charge in [0.15, 0.2) is 14.5 Å². The van der Waals surface area contributed by atoms with E-state index >= 15 is 0 Å². The Morgan fingerprint density at radius 2 is 1.11 bits per heavy atom. The highest BCUT2D eigenvalue weighted by Gasteiger charge is 2.38. The van der Waals surface area contributed by atoms with E-state index in [-0.39, 0.29) is 84.6 Å². The number of piperidine rings is 4.